The third-order valence-corrected chi connectivity index (χ3v) is 7.82. The highest BCUT2D eigenvalue weighted by Crippen LogP contribution is 2.51. The topological polar surface area (TPSA) is 124 Å². The zero-order chi connectivity index (χ0) is 25.6. The van der Waals surface area contributed by atoms with Gasteiger partial charge in [0.1, 0.15) is 5.75 Å². The lowest BCUT2D eigenvalue weighted by molar-refractivity contribution is -0.245. The number of nitrogens with one attached hydrogen (secondary N) is 1. The fourth-order valence-electron chi connectivity index (χ4n) is 1.58. The van der Waals surface area contributed by atoms with Gasteiger partial charge in [0.2, 0.25) is 0 Å². The Morgan fingerprint density at radius 2 is 1.19 bits per heavy atom. The first kappa shape index (κ1) is 28.0. The van der Waals surface area contributed by atoms with Gasteiger partial charge in [-0.2, -0.15) is 47.9 Å². The molecule has 0 aliphatic heterocycles. The summed E-state index contributed by atoms with van der Waals surface area (Å²) in [5.41, 5.74) is -6.43. The molecule has 0 atom stereocenters. The Balaban J connectivity index is 3.46. The smallest absolute Gasteiger partial charge is 0.378 e. The predicted molar refractivity (Wildman–Crippen MR) is 88.0 cm³/mol. The molecule has 0 saturated carbocycles. The van der Waals surface area contributed by atoms with Gasteiger partial charge in [-0.25, -0.2) is 16.8 Å². The van der Waals surface area contributed by atoms with Gasteiger partial charge >= 0.3 is 42.1 Å². The summed E-state index contributed by atoms with van der Waals surface area (Å²) in [6, 6.07) is 3.04. The zero-order valence-corrected chi connectivity index (χ0v) is 17.0. The highest BCUT2D eigenvalue weighted by Gasteiger charge is 2.83. The van der Waals surface area contributed by atoms with E-state index >= 15 is 0 Å². The number of halogens is 9. The summed E-state index contributed by atoms with van der Waals surface area (Å²) in [4.78, 5) is 0. The van der Waals surface area contributed by atoms with Crippen molar-refractivity contribution in [3.8, 4) is 5.75 Å². The maximum Gasteiger partial charge on any atom is 0.512 e. The molecule has 1 rings (SSSR count). The lowest BCUT2D eigenvalue weighted by Gasteiger charge is -2.31. The van der Waals surface area contributed by atoms with E-state index in [1.165, 1.54) is 0 Å². The van der Waals surface area contributed by atoms with E-state index in [0.717, 1.165) is 18.2 Å². The molecule has 0 aliphatic carbocycles. The summed E-state index contributed by atoms with van der Waals surface area (Å²) in [5.74, 6) is -8.69. The average Bonchev–Trinajstić information content (AvgIpc) is 2.59. The minimum absolute atomic E-state index is 0.224. The molecule has 0 fully saturated rings. The first-order valence-electron chi connectivity index (χ1n) is 7.11. The Hall–Kier alpha value is -2.06. The molecule has 1 aromatic rings. The van der Waals surface area contributed by atoms with Crippen molar-refractivity contribution in [2.45, 2.75) is 21.9 Å². The van der Waals surface area contributed by atoms with Gasteiger partial charge in [0.05, 0.1) is 0 Å². The van der Waals surface area contributed by atoms with Gasteiger partial charge in [-0.3, -0.25) is 0 Å². The van der Waals surface area contributed by atoms with Crippen molar-refractivity contribution < 1.29 is 69.0 Å². The van der Waals surface area contributed by atoms with Crippen LogP contribution >= 0.6 is 0 Å². The first-order chi connectivity index (χ1) is 14.0. The lowest BCUT2D eigenvalue weighted by Crippen LogP contribution is -2.64. The van der Waals surface area contributed by atoms with Crippen LogP contribution in [-0.2, 0) is 30.2 Å². The maximum atomic E-state index is 13.9. The second-order valence-corrected chi connectivity index (χ2v) is 10.7. The van der Waals surface area contributed by atoms with Crippen LogP contribution in [0.5, 0.6) is 5.75 Å². The molecule has 0 aliphatic rings. The molecule has 0 radical (unpaired) electrons. The second-order valence-electron chi connectivity index (χ2n) is 5.45. The third kappa shape index (κ3) is 4.66. The van der Waals surface area contributed by atoms with Crippen LogP contribution in [0.15, 0.2) is 30.8 Å². The maximum absolute atomic E-state index is 13.9. The Morgan fingerprint density at radius 3 is 1.56 bits per heavy atom. The van der Waals surface area contributed by atoms with Crippen LogP contribution in [-0.4, -0.2) is 47.2 Å². The minimum Gasteiger partial charge on any atom is -0.378 e. The third-order valence-electron chi connectivity index (χ3n) is 3.23. The number of hydrogen-bond donors (Lipinski definition) is 1. The summed E-state index contributed by atoms with van der Waals surface area (Å²) in [7, 11) is -22.3. The second kappa shape index (κ2) is 8.06. The van der Waals surface area contributed by atoms with Crippen molar-refractivity contribution in [1.29, 1.82) is 0 Å². The normalized spacial score (nSPS) is 14.8. The van der Waals surface area contributed by atoms with Crippen LogP contribution in [0.1, 0.15) is 5.56 Å². The molecular weight excluding hydrogens is 537 g/mol. The molecule has 32 heavy (non-hydrogen) atoms. The molecule has 1 aromatic carbocycles. The Labute approximate surface area is 173 Å². The number of rotatable bonds is 9. The van der Waals surface area contributed by atoms with Crippen molar-refractivity contribution in [3.63, 3.8) is 0 Å². The summed E-state index contributed by atoms with van der Waals surface area (Å²) in [5, 5.41) is -14.5. The summed E-state index contributed by atoms with van der Waals surface area (Å²) in [6.45, 7) is 3.26. The molecule has 0 unspecified atom stereocenters. The Morgan fingerprint density at radius 1 is 0.750 bits per heavy atom. The molecular formula is C12H8F9NO7S3. The van der Waals surface area contributed by atoms with Crippen molar-refractivity contribution in [2.24, 2.45) is 0 Å². The largest absolute Gasteiger partial charge is 0.512 e. The van der Waals surface area contributed by atoms with Crippen LogP contribution in [0, 0.1) is 0 Å². The van der Waals surface area contributed by atoms with Crippen molar-refractivity contribution >= 4 is 36.2 Å². The zero-order valence-electron chi connectivity index (χ0n) is 14.6. The van der Waals surface area contributed by atoms with E-state index in [2.05, 4.69) is 10.8 Å². The minimum atomic E-state index is -7.84. The molecule has 8 nitrogen and oxygen atoms in total. The highest BCUT2D eigenvalue weighted by atomic mass is 32.3. The van der Waals surface area contributed by atoms with Gasteiger partial charge < -0.3 is 4.18 Å². The SMILES string of the molecule is C=Cc1ccc(OS(=O)(=O)C(F)(F)C(F)(F)C(F)(F)S(=O)(=O)NS(=O)(=O)C(F)(F)F)cc1. The Bertz CT molecular complexity index is 1190. The highest BCUT2D eigenvalue weighted by molar-refractivity contribution is 8.05. The molecule has 1 N–H and O–H groups in total. The summed E-state index contributed by atoms with van der Waals surface area (Å²) < 4.78 is 189. The van der Waals surface area contributed by atoms with E-state index in [1.54, 1.807) is 0 Å². The van der Waals surface area contributed by atoms with Gasteiger partial charge in [0.25, 0.3) is 10.0 Å². The van der Waals surface area contributed by atoms with E-state index in [-0.39, 0.29) is 5.56 Å². The average molecular weight is 545 g/mol. The van der Waals surface area contributed by atoms with Crippen LogP contribution < -0.4 is 8.31 Å². The molecule has 184 valence electrons. The molecule has 20 heteroatoms. The lowest BCUT2D eigenvalue weighted by atomic mass is 10.2. The van der Waals surface area contributed by atoms with Gasteiger partial charge in [-0.15, -0.1) is 0 Å². The van der Waals surface area contributed by atoms with Gasteiger partial charge in [0, 0.05) is 0 Å². The van der Waals surface area contributed by atoms with Crippen LogP contribution in [0.3, 0.4) is 0 Å². The van der Waals surface area contributed by atoms with E-state index in [9.17, 15) is 64.8 Å². The number of benzene rings is 1. The van der Waals surface area contributed by atoms with E-state index in [4.69, 9.17) is 0 Å². The van der Waals surface area contributed by atoms with Crippen LogP contribution in [0.2, 0.25) is 0 Å². The molecule has 0 bridgehead atoms. The number of sulfonamides is 2. The fourth-order valence-corrected chi connectivity index (χ4v) is 4.97. The van der Waals surface area contributed by atoms with Gasteiger partial charge in [-0.05, 0) is 17.7 Å². The molecule has 0 amide bonds. The quantitative estimate of drug-likeness (QED) is 0.374. The van der Waals surface area contributed by atoms with Crippen LogP contribution in [0.25, 0.3) is 6.08 Å². The van der Waals surface area contributed by atoms with Crippen molar-refractivity contribution in [3.05, 3.63) is 36.4 Å². The Kier molecular flexibility index (Phi) is 7.05. The number of alkyl halides is 9. The van der Waals surface area contributed by atoms with Crippen molar-refractivity contribution in [1.82, 2.24) is 4.13 Å². The molecule has 0 spiro atoms. The van der Waals surface area contributed by atoms with E-state index in [1.807, 2.05) is 0 Å². The van der Waals surface area contributed by atoms with Crippen molar-refractivity contribution in [2.75, 3.05) is 0 Å². The fraction of sp³-hybridized carbons (Fsp3) is 0.333. The van der Waals surface area contributed by atoms with E-state index < -0.39 is 62.0 Å². The number of hydrogen-bond acceptors (Lipinski definition) is 7. The van der Waals surface area contributed by atoms with Gasteiger partial charge in [-0.1, -0.05) is 28.9 Å². The molecule has 0 aromatic heterocycles. The monoisotopic (exact) mass is 545 g/mol. The molecule has 0 heterocycles. The summed E-state index contributed by atoms with van der Waals surface area (Å²) in [6.07, 6.45) is 1.15. The first-order valence-corrected chi connectivity index (χ1v) is 11.5. The van der Waals surface area contributed by atoms with E-state index in [0.29, 0.717) is 12.1 Å². The molecule has 0 saturated heterocycles. The summed E-state index contributed by atoms with van der Waals surface area (Å²) >= 11 is 0. The van der Waals surface area contributed by atoms with Gasteiger partial charge in [0.15, 0.2) is 0 Å². The standard InChI is InChI=1S/C12H8F9NO7S3/c1-2-7-3-5-8(6-4-7)29-32(27,28)11(17,18)9(13,14)10(15,16)30(23,24)22-31(25,26)12(19,20)21/h2-6,22H,1H2. The predicted octanol–water partition coefficient (Wildman–Crippen LogP) is 2.63. The van der Waals surface area contributed by atoms with Crippen LogP contribution in [0.4, 0.5) is 39.5 Å².